The summed E-state index contributed by atoms with van der Waals surface area (Å²) in [6.45, 7) is 6.89. The van der Waals surface area contributed by atoms with Gasteiger partial charge in [-0.15, -0.1) is 0 Å². The SMILES string of the molecule is CCCNC(CCOCCC)c1cncc(OC)c1. The molecule has 1 N–H and O–H groups in total. The normalized spacial score (nSPS) is 12.4. The Hall–Kier alpha value is -1.13. The van der Waals surface area contributed by atoms with E-state index in [1.807, 2.05) is 12.3 Å². The number of hydrogen-bond donors (Lipinski definition) is 1. The van der Waals surface area contributed by atoms with Crippen molar-refractivity contribution >= 4 is 0 Å². The number of nitrogens with zero attached hydrogens (tertiary/aromatic N) is 1. The van der Waals surface area contributed by atoms with E-state index >= 15 is 0 Å². The van der Waals surface area contributed by atoms with Crippen LogP contribution in [-0.2, 0) is 4.74 Å². The van der Waals surface area contributed by atoms with Gasteiger partial charge in [0.1, 0.15) is 5.75 Å². The van der Waals surface area contributed by atoms with Gasteiger partial charge in [-0.05, 0) is 37.4 Å². The second-order valence-corrected chi connectivity index (χ2v) is 4.57. The summed E-state index contributed by atoms with van der Waals surface area (Å²) in [5, 5.41) is 3.54. The lowest BCUT2D eigenvalue weighted by atomic mass is 10.1. The molecule has 0 aromatic carbocycles. The summed E-state index contributed by atoms with van der Waals surface area (Å²) in [6.07, 6.45) is 6.76. The van der Waals surface area contributed by atoms with E-state index in [-0.39, 0.29) is 6.04 Å². The molecule has 0 aliphatic rings. The molecule has 0 amide bonds. The summed E-state index contributed by atoms with van der Waals surface area (Å²) in [5.74, 6) is 0.801. The molecule has 0 saturated heterocycles. The highest BCUT2D eigenvalue weighted by atomic mass is 16.5. The van der Waals surface area contributed by atoms with E-state index in [0.717, 1.165) is 50.3 Å². The minimum atomic E-state index is 0.277. The van der Waals surface area contributed by atoms with Crippen LogP contribution >= 0.6 is 0 Å². The highest BCUT2D eigenvalue weighted by molar-refractivity contribution is 5.25. The van der Waals surface area contributed by atoms with Gasteiger partial charge in [-0.1, -0.05) is 13.8 Å². The lowest BCUT2D eigenvalue weighted by Crippen LogP contribution is -2.23. The van der Waals surface area contributed by atoms with Crippen LogP contribution in [0, 0.1) is 0 Å². The van der Waals surface area contributed by atoms with Gasteiger partial charge in [-0.25, -0.2) is 0 Å². The fourth-order valence-corrected chi connectivity index (χ4v) is 1.89. The van der Waals surface area contributed by atoms with Crippen molar-refractivity contribution in [2.75, 3.05) is 26.9 Å². The fourth-order valence-electron chi connectivity index (χ4n) is 1.89. The second kappa shape index (κ2) is 9.75. The van der Waals surface area contributed by atoms with Gasteiger partial charge in [-0.2, -0.15) is 0 Å². The van der Waals surface area contributed by atoms with Crippen molar-refractivity contribution in [3.63, 3.8) is 0 Å². The molecular weight excluding hydrogens is 240 g/mol. The van der Waals surface area contributed by atoms with E-state index in [1.165, 1.54) is 0 Å². The maximum absolute atomic E-state index is 5.58. The predicted octanol–water partition coefficient (Wildman–Crippen LogP) is 2.95. The molecule has 1 unspecified atom stereocenters. The number of aromatic nitrogens is 1. The van der Waals surface area contributed by atoms with Crippen LogP contribution in [0.15, 0.2) is 18.5 Å². The maximum atomic E-state index is 5.58. The summed E-state index contributed by atoms with van der Waals surface area (Å²) in [5.41, 5.74) is 1.16. The number of ether oxygens (including phenoxy) is 2. The van der Waals surface area contributed by atoms with E-state index in [2.05, 4.69) is 24.1 Å². The highest BCUT2D eigenvalue weighted by Crippen LogP contribution is 2.20. The molecule has 1 aromatic rings. The van der Waals surface area contributed by atoms with Gasteiger partial charge in [0, 0.05) is 25.5 Å². The second-order valence-electron chi connectivity index (χ2n) is 4.57. The molecule has 0 aliphatic carbocycles. The van der Waals surface area contributed by atoms with E-state index in [9.17, 15) is 0 Å². The van der Waals surface area contributed by atoms with Crippen LogP contribution in [0.4, 0.5) is 0 Å². The number of rotatable bonds is 10. The van der Waals surface area contributed by atoms with Crippen LogP contribution in [0.3, 0.4) is 0 Å². The largest absolute Gasteiger partial charge is 0.495 e. The Bertz CT molecular complexity index is 345. The zero-order valence-electron chi connectivity index (χ0n) is 12.3. The molecule has 0 spiro atoms. The van der Waals surface area contributed by atoms with Gasteiger partial charge >= 0.3 is 0 Å². The molecule has 108 valence electrons. The van der Waals surface area contributed by atoms with Crippen molar-refractivity contribution in [2.45, 2.75) is 39.2 Å². The molecular formula is C15H26N2O2. The molecule has 0 fully saturated rings. The van der Waals surface area contributed by atoms with Crippen LogP contribution in [0.25, 0.3) is 0 Å². The Balaban J connectivity index is 2.60. The standard InChI is InChI=1S/C15H26N2O2/c1-4-7-17-15(6-9-19-8-5-2)13-10-14(18-3)12-16-11-13/h10-12,15,17H,4-9H2,1-3H3. The van der Waals surface area contributed by atoms with Gasteiger partial charge < -0.3 is 14.8 Å². The zero-order chi connectivity index (χ0) is 13.9. The maximum Gasteiger partial charge on any atom is 0.137 e. The van der Waals surface area contributed by atoms with Gasteiger partial charge in [0.15, 0.2) is 0 Å². The lowest BCUT2D eigenvalue weighted by Gasteiger charge is -2.19. The summed E-state index contributed by atoms with van der Waals surface area (Å²) >= 11 is 0. The van der Waals surface area contributed by atoms with Gasteiger partial charge in [0.05, 0.1) is 13.3 Å². The number of pyridine rings is 1. The summed E-state index contributed by atoms with van der Waals surface area (Å²) in [7, 11) is 1.67. The number of nitrogens with one attached hydrogen (secondary N) is 1. The fraction of sp³-hybridized carbons (Fsp3) is 0.667. The van der Waals surface area contributed by atoms with Gasteiger partial charge in [-0.3, -0.25) is 4.98 Å². The van der Waals surface area contributed by atoms with Crippen LogP contribution < -0.4 is 10.1 Å². The topological polar surface area (TPSA) is 43.4 Å². The molecule has 0 saturated carbocycles. The van der Waals surface area contributed by atoms with Crippen LogP contribution in [0.2, 0.25) is 0 Å². The summed E-state index contributed by atoms with van der Waals surface area (Å²) in [4.78, 5) is 4.22. The lowest BCUT2D eigenvalue weighted by molar-refractivity contribution is 0.124. The first kappa shape index (κ1) is 15.9. The van der Waals surface area contributed by atoms with E-state index in [4.69, 9.17) is 9.47 Å². The van der Waals surface area contributed by atoms with Crippen LogP contribution in [0.1, 0.15) is 44.7 Å². The third-order valence-corrected chi connectivity index (χ3v) is 2.91. The third-order valence-electron chi connectivity index (χ3n) is 2.91. The van der Waals surface area contributed by atoms with E-state index < -0.39 is 0 Å². The molecule has 1 rings (SSSR count). The quantitative estimate of drug-likeness (QED) is 0.661. The van der Waals surface area contributed by atoms with Crippen molar-refractivity contribution in [1.82, 2.24) is 10.3 Å². The number of hydrogen-bond acceptors (Lipinski definition) is 4. The number of methoxy groups -OCH3 is 1. The molecule has 1 aromatic heterocycles. The van der Waals surface area contributed by atoms with Crippen molar-refractivity contribution in [2.24, 2.45) is 0 Å². The van der Waals surface area contributed by atoms with Crippen LogP contribution in [0.5, 0.6) is 5.75 Å². The molecule has 0 radical (unpaired) electrons. The Morgan fingerprint density at radius 2 is 2.05 bits per heavy atom. The Morgan fingerprint density at radius 3 is 2.74 bits per heavy atom. The third kappa shape index (κ3) is 6.03. The van der Waals surface area contributed by atoms with Crippen molar-refractivity contribution in [1.29, 1.82) is 0 Å². The first-order chi connectivity index (χ1) is 9.31. The van der Waals surface area contributed by atoms with Gasteiger partial charge in [0.2, 0.25) is 0 Å². The highest BCUT2D eigenvalue weighted by Gasteiger charge is 2.11. The predicted molar refractivity (Wildman–Crippen MR) is 77.6 cm³/mol. The van der Waals surface area contributed by atoms with Crippen molar-refractivity contribution in [3.05, 3.63) is 24.0 Å². The average Bonchev–Trinajstić information content (AvgIpc) is 2.46. The molecule has 1 atom stereocenters. The molecule has 0 aliphatic heterocycles. The Kier molecular flexibility index (Phi) is 8.18. The van der Waals surface area contributed by atoms with Crippen molar-refractivity contribution < 1.29 is 9.47 Å². The minimum absolute atomic E-state index is 0.277. The van der Waals surface area contributed by atoms with Crippen LogP contribution in [-0.4, -0.2) is 31.9 Å². The Morgan fingerprint density at radius 1 is 1.21 bits per heavy atom. The van der Waals surface area contributed by atoms with Crippen molar-refractivity contribution in [3.8, 4) is 5.75 Å². The first-order valence-corrected chi connectivity index (χ1v) is 7.11. The molecule has 4 heteroatoms. The summed E-state index contributed by atoms with van der Waals surface area (Å²) in [6, 6.07) is 2.32. The molecule has 4 nitrogen and oxygen atoms in total. The average molecular weight is 266 g/mol. The molecule has 19 heavy (non-hydrogen) atoms. The smallest absolute Gasteiger partial charge is 0.137 e. The van der Waals surface area contributed by atoms with Gasteiger partial charge in [0.25, 0.3) is 0 Å². The Labute approximate surface area is 116 Å². The van der Waals surface area contributed by atoms with E-state index in [0.29, 0.717) is 0 Å². The zero-order valence-corrected chi connectivity index (χ0v) is 12.3. The van der Waals surface area contributed by atoms with E-state index in [1.54, 1.807) is 13.3 Å². The summed E-state index contributed by atoms with van der Waals surface area (Å²) < 4.78 is 10.8. The molecule has 1 heterocycles. The molecule has 0 bridgehead atoms. The monoisotopic (exact) mass is 266 g/mol. The minimum Gasteiger partial charge on any atom is -0.495 e. The first-order valence-electron chi connectivity index (χ1n) is 7.11.